The van der Waals surface area contributed by atoms with Gasteiger partial charge in [-0.05, 0) is 43.2 Å². The Balaban J connectivity index is 1.40. The lowest BCUT2D eigenvalue weighted by Crippen LogP contribution is -2.31. The molecule has 0 saturated heterocycles. The molecule has 2 aromatic rings. The summed E-state index contributed by atoms with van der Waals surface area (Å²) in [6.45, 7) is 3.35. The molecule has 25 heavy (non-hydrogen) atoms. The van der Waals surface area contributed by atoms with Gasteiger partial charge >= 0.3 is 0 Å². The molecule has 132 valence electrons. The minimum Gasteiger partial charge on any atom is -0.492 e. The van der Waals surface area contributed by atoms with Gasteiger partial charge in [-0.25, -0.2) is 0 Å². The third kappa shape index (κ3) is 4.66. The first-order chi connectivity index (χ1) is 12.1. The van der Waals surface area contributed by atoms with Crippen LogP contribution in [-0.2, 0) is 11.2 Å². The molecule has 0 aliphatic carbocycles. The first kappa shape index (κ1) is 17.1. The van der Waals surface area contributed by atoms with Gasteiger partial charge < -0.3 is 19.1 Å². The number of aryl methyl sites for hydroxylation is 2. The Bertz CT molecular complexity index is 727. The normalized spacial score (nSPS) is 12.1. The van der Waals surface area contributed by atoms with Crippen LogP contribution in [0.15, 0.2) is 42.5 Å². The molecule has 1 aliphatic rings. The topological polar surface area (TPSA) is 48.0 Å². The van der Waals surface area contributed by atoms with E-state index in [0.717, 1.165) is 22.8 Å². The molecule has 2 aromatic carbocycles. The minimum absolute atomic E-state index is 0.102. The van der Waals surface area contributed by atoms with Crippen molar-refractivity contribution < 1.29 is 19.0 Å². The molecule has 5 heteroatoms. The highest BCUT2D eigenvalue weighted by Gasteiger charge is 2.14. The number of hydrogen-bond donors (Lipinski definition) is 0. The zero-order valence-corrected chi connectivity index (χ0v) is 14.7. The quantitative estimate of drug-likeness (QED) is 0.776. The summed E-state index contributed by atoms with van der Waals surface area (Å²) in [7, 11) is 1.81. The van der Waals surface area contributed by atoms with Crippen LogP contribution < -0.4 is 14.2 Å². The third-order valence-corrected chi connectivity index (χ3v) is 4.21. The molecule has 0 spiro atoms. The third-order valence-electron chi connectivity index (χ3n) is 4.21. The van der Waals surface area contributed by atoms with E-state index in [-0.39, 0.29) is 12.7 Å². The van der Waals surface area contributed by atoms with E-state index in [1.165, 1.54) is 5.56 Å². The van der Waals surface area contributed by atoms with Crippen molar-refractivity contribution in [2.75, 3.05) is 27.0 Å². The van der Waals surface area contributed by atoms with Crippen LogP contribution in [-0.4, -0.2) is 37.8 Å². The molecule has 1 aliphatic heterocycles. The summed E-state index contributed by atoms with van der Waals surface area (Å²) in [6.07, 6.45) is 1.14. The summed E-state index contributed by atoms with van der Waals surface area (Å²) in [5.74, 6) is 2.45. The van der Waals surface area contributed by atoms with Crippen molar-refractivity contribution in [2.24, 2.45) is 0 Å². The molecular formula is C20H23NO4. The fourth-order valence-electron chi connectivity index (χ4n) is 2.60. The first-order valence-electron chi connectivity index (χ1n) is 8.44. The molecule has 0 unspecified atom stereocenters. The van der Waals surface area contributed by atoms with E-state index in [2.05, 4.69) is 0 Å². The van der Waals surface area contributed by atoms with E-state index in [4.69, 9.17) is 14.2 Å². The van der Waals surface area contributed by atoms with E-state index in [1.54, 1.807) is 11.9 Å². The molecule has 0 bridgehead atoms. The Morgan fingerprint density at radius 3 is 2.68 bits per heavy atom. The molecule has 3 rings (SSSR count). The van der Waals surface area contributed by atoms with Gasteiger partial charge in [-0.2, -0.15) is 0 Å². The molecule has 0 aromatic heterocycles. The number of nitrogens with zero attached hydrogens (tertiary/aromatic N) is 1. The van der Waals surface area contributed by atoms with Gasteiger partial charge in [0.25, 0.3) is 0 Å². The van der Waals surface area contributed by atoms with Gasteiger partial charge in [0.15, 0.2) is 11.5 Å². The molecular weight excluding hydrogens is 318 g/mol. The van der Waals surface area contributed by atoms with Gasteiger partial charge in [0.2, 0.25) is 12.7 Å². The Morgan fingerprint density at radius 1 is 1.12 bits per heavy atom. The highest BCUT2D eigenvalue weighted by Crippen LogP contribution is 2.32. The van der Waals surface area contributed by atoms with E-state index < -0.39 is 0 Å². The maximum absolute atomic E-state index is 12.3. The number of hydrogen-bond acceptors (Lipinski definition) is 4. The number of carbonyl (C=O) groups is 1. The summed E-state index contributed by atoms with van der Waals surface area (Å²) in [5, 5.41) is 0. The smallest absolute Gasteiger partial charge is 0.231 e. The average molecular weight is 341 g/mol. The molecule has 1 heterocycles. The molecule has 0 radical (unpaired) electrons. The van der Waals surface area contributed by atoms with Gasteiger partial charge in [0.1, 0.15) is 12.4 Å². The highest BCUT2D eigenvalue weighted by atomic mass is 16.7. The maximum Gasteiger partial charge on any atom is 0.231 e. The van der Waals surface area contributed by atoms with Crippen LogP contribution >= 0.6 is 0 Å². The largest absolute Gasteiger partial charge is 0.492 e. The Hall–Kier alpha value is -2.69. The van der Waals surface area contributed by atoms with Crippen LogP contribution in [0.5, 0.6) is 17.2 Å². The molecule has 0 fully saturated rings. The average Bonchev–Trinajstić information content (AvgIpc) is 3.09. The Labute approximate surface area is 148 Å². The number of amides is 1. The zero-order chi connectivity index (χ0) is 17.6. The van der Waals surface area contributed by atoms with Crippen molar-refractivity contribution in [3.8, 4) is 17.2 Å². The Morgan fingerprint density at radius 2 is 1.88 bits per heavy atom. The number of carbonyl (C=O) groups excluding carboxylic acids is 1. The van der Waals surface area contributed by atoms with Crippen molar-refractivity contribution >= 4 is 5.91 Å². The van der Waals surface area contributed by atoms with Gasteiger partial charge in [-0.15, -0.1) is 0 Å². The second kappa shape index (κ2) is 7.92. The number of ether oxygens (including phenoxy) is 3. The molecule has 1 amide bonds. The Kier molecular flexibility index (Phi) is 5.43. The van der Waals surface area contributed by atoms with Crippen LogP contribution in [0, 0.1) is 6.92 Å². The van der Waals surface area contributed by atoms with Gasteiger partial charge in [0.05, 0.1) is 6.54 Å². The summed E-state index contributed by atoms with van der Waals surface area (Å²) in [6, 6.07) is 13.7. The predicted octanol–water partition coefficient (Wildman–Crippen LogP) is 3.19. The second-order valence-electron chi connectivity index (χ2n) is 6.16. The number of likely N-dealkylation sites (N-methyl/N-ethyl adjacent to an activating group) is 1. The molecule has 0 N–H and O–H groups in total. The van der Waals surface area contributed by atoms with Crippen LogP contribution in [0.1, 0.15) is 17.5 Å². The van der Waals surface area contributed by atoms with E-state index in [9.17, 15) is 4.79 Å². The molecule has 0 atom stereocenters. The lowest BCUT2D eigenvalue weighted by molar-refractivity contribution is -0.130. The SMILES string of the molecule is Cc1ccc(OCCN(C)C(=O)CCc2ccc3c(c2)OCO3)cc1. The molecule has 0 saturated carbocycles. The van der Waals surface area contributed by atoms with E-state index in [0.29, 0.717) is 26.0 Å². The van der Waals surface area contributed by atoms with Crippen LogP contribution in [0.4, 0.5) is 0 Å². The summed E-state index contributed by atoms with van der Waals surface area (Å²) >= 11 is 0. The van der Waals surface area contributed by atoms with Crippen molar-refractivity contribution in [1.29, 1.82) is 0 Å². The highest BCUT2D eigenvalue weighted by molar-refractivity contribution is 5.76. The standard InChI is InChI=1S/C20H23NO4/c1-15-3-7-17(8-4-15)23-12-11-21(2)20(22)10-6-16-5-9-18-19(13-16)25-14-24-18/h3-5,7-9,13H,6,10-12,14H2,1-2H3. The van der Waals surface area contributed by atoms with Gasteiger partial charge in [-0.3, -0.25) is 4.79 Å². The van der Waals surface area contributed by atoms with Crippen molar-refractivity contribution in [3.63, 3.8) is 0 Å². The summed E-state index contributed by atoms with van der Waals surface area (Å²) in [4.78, 5) is 14.0. The van der Waals surface area contributed by atoms with Crippen molar-refractivity contribution in [2.45, 2.75) is 19.8 Å². The number of benzene rings is 2. The second-order valence-corrected chi connectivity index (χ2v) is 6.16. The van der Waals surface area contributed by atoms with Gasteiger partial charge in [0, 0.05) is 13.5 Å². The predicted molar refractivity (Wildman–Crippen MR) is 95.2 cm³/mol. The van der Waals surface area contributed by atoms with Crippen LogP contribution in [0.2, 0.25) is 0 Å². The minimum atomic E-state index is 0.102. The van der Waals surface area contributed by atoms with E-state index >= 15 is 0 Å². The van der Waals surface area contributed by atoms with Crippen molar-refractivity contribution in [3.05, 3.63) is 53.6 Å². The maximum atomic E-state index is 12.3. The fourth-order valence-corrected chi connectivity index (χ4v) is 2.60. The zero-order valence-electron chi connectivity index (χ0n) is 14.7. The van der Waals surface area contributed by atoms with Gasteiger partial charge in [-0.1, -0.05) is 23.8 Å². The monoisotopic (exact) mass is 341 g/mol. The van der Waals surface area contributed by atoms with Crippen molar-refractivity contribution in [1.82, 2.24) is 4.90 Å². The molecule has 5 nitrogen and oxygen atoms in total. The van der Waals surface area contributed by atoms with Crippen LogP contribution in [0.25, 0.3) is 0 Å². The first-order valence-corrected chi connectivity index (χ1v) is 8.44. The summed E-state index contributed by atoms with van der Waals surface area (Å²) in [5.41, 5.74) is 2.27. The van der Waals surface area contributed by atoms with Crippen LogP contribution in [0.3, 0.4) is 0 Å². The summed E-state index contributed by atoms with van der Waals surface area (Å²) < 4.78 is 16.3. The lowest BCUT2D eigenvalue weighted by Gasteiger charge is -2.17. The number of rotatable bonds is 7. The lowest BCUT2D eigenvalue weighted by atomic mass is 10.1. The fraction of sp³-hybridized carbons (Fsp3) is 0.350. The number of fused-ring (bicyclic) bond motifs is 1. The van der Waals surface area contributed by atoms with E-state index in [1.807, 2.05) is 49.4 Å².